The highest BCUT2D eigenvalue weighted by Crippen LogP contribution is 2.29. The number of fused-ring (bicyclic) bond motifs is 1. The minimum Gasteiger partial charge on any atom is -0.361 e. The normalized spacial score (nSPS) is 15.4. The number of aromatic amines is 1. The molecule has 1 N–H and O–H groups in total. The van der Waals surface area contributed by atoms with Gasteiger partial charge >= 0.3 is 0 Å². The second kappa shape index (κ2) is 4.28. The first kappa shape index (κ1) is 10.6. The predicted molar refractivity (Wildman–Crippen MR) is 66.6 cm³/mol. The molecule has 0 aliphatic carbocycles. The van der Waals surface area contributed by atoms with E-state index in [2.05, 4.69) is 42.4 Å². The molecule has 2 aromatic rings. The van der Waals surface area contributed by atoms with Crippen LogP contribution in [0.15, 0.2) is 30.5 Å². The Hall–Kier alpha value is -0.950. The Kier molecular flexibility index (Phi) is 3.01. The number of alkyl halides is 1. The number of H-pyrrole nitrogens is 1. The van der Waals surface area contributed by atoms with Crippen LogP contribution in [0.1, 0.15) is 31.7 Å². The van der Waals surface area contributed by atoms with Crippen molar-refractivity contribution in [3.63, 3.8) is 0 Å². The van der Waals surface area contributed by atoms with E-state index in [-0.39, 0.29) is 5.38 Å². The Morgan fingerprint density at radius 1 is 1.27 bits per heavy atom. The maximum Gasteiger partial charge on any atom is 0.0456 e. The molecule has 1 nitrogen and oxygen atoms in total. The van der Waals surface area contributed by atoms with Crippen molar-refractivity contribution in [2.75, 3.05) is 0 Å². The van der Waals surface area contributed by atoms with Crippen molar-refractivity contribution in [3.05, 3.63) is 36.0 Å². The molecule has 0 aliphatic rings. The number of rotatable bonds is 3. The number of aromatic nitrogens is 1. The summed E-state index contributed by atoms with van der Waals surface area (Å²) in [7, 11) is 0. The van der Waals surface area contributed by atoms with Crippen molar-refractivity contribution in [1.82, 2.24) is 4.98 Å². The maximum atomic E-state index is 6.03. The van der Waals surface area contributed by atoms with Crippen molar-refractivity contribution < 1.29 is 0 Å². The van der Waals surface area contributed by atoms with Crippen LogP contribution in [-0.4, -0.2) is 10.4 Å². The van der Waals surface area contributed by atoms with Crippen molar-refractivity contribution in [1.29, 1.82) is 0 Å². The molecule has 0 fully saturated rings. The fourth-order valence-corrected chi connectivity index (χ4v) is 2.38. The average molecular weight is 222 g/mol. The van der Waals surface area contributed by atoms with Crippen LogP contribution >= 0.6 is 11.6 Å². The number of para-hydroxylation sites is 1. The van der Waals surface area contributed by atoms with Crippen LogP contribution in [0.3, 0.4) is 0 Å². The highest BCUT2D eigenvalue weighted by atomic mass is 35.5. The van der Waals surface area contributed by atoms with Crippen molar-refractivity contribution in [2.45, 2.75) is 31.6 Å². The zero-order valence-corrected chi connectivity index (χ0v) is 9.88. The summed E-state index contributed by atoms with van der Waals surface area (Å²) in [5.74, 6) is 0.508. The zero-order valence-electron chi connectivity index (χ0n) is 9.13. The van der Waals surface area contributed by atoms with Gasteiger partial charge in [-0.1, -0.05) is 25.1 Å². The van der Waals surface area contributed by atoms with Gasteiger partial charge in [0.1, 0.15) is 0 Å². The lowest BCUT2D eigenvalue weighted by molar-refractivity contribution is 0.675. The fourth-order valence-electron chi connectivity index (χ4n) is 2.12. The molecule has 2 rings (SSSR count). The summed E-state index contributed by atoms with van der Waals surface area (Å²) in [5, 5.41) is 1.55. The SMILES string of the molecule is CC(Cl)CC(C)c1c[nH]c2ccccc12. The number of halogens is 1. The van der Waals surface area contributed by atoms with E-state index in [0.29, 0.717) is 5.92 Å². The summed E-state index contributed by atoms with van der Waals surface area (Å²) < 4.78 is 0. The third kappa shape index (κ3) is 2.18. The summed E-state index contributed by atoms with van der Waals surface area (Å²) in [6.45, 7) is 4.28. The summed E-state index contributed by atoms with van der Waals surface area (Å²) in [6, 6.07) is 8.40. The lowest BCUT2D eigenvalue weighted by Gasteiger charge is -2.11. The molecule has 2 unspecified atom stereocenters. The Labute approximate surface area is 95.5 Å². The lowest BCUT2D eigenvalue weighted by Crippen LogP contribution is -1.99. The number of benzene rings is 1. The van der Waals surface area contributed by atoms with Crippen molar-refractivity contribution >= 4 is 22.5 Å². The third-order valence-electron chi connectivity index (χ3n) is 2.83. The Morgan fingerprint density at radius 3 is 2.73 bits per heavy atom. The molecule has 2 heteroatoms. The molecule has 15 heavy (non-hydrogen) atoms. The Morgan fingerprint density at radius 2 is 2.00 bits per heavy atom. The van der Waals surface area contributed by atoms with E-state index in [1.54, 1.807) is 0 Å². The minimum absolute atomic E-state index is 0.230. The van der Waals surface area contributed by atoms with E-state index in [9.17, 15) is 0 Å². The molecule has 1 aromatic carbocycles. The van der Waals surface area contributed by atoms with Crippen LogP contribution in [0.2, 0.25) is 0 Å². The van der Waals surface area contributed by atoms with Gasteiger partial charge in [0.15, 0.2) is 0 Å². The van der Waals surface area contributed by atoms with Crippen LogP contribution in [0.25, 0.3) is 10.9 Å². The Balaban J connectivity index is 2.35. The lowest BCUT2D eigenvalue weighted by atomic mass is 9.96. The minimum atomic E-state index is 0.230. The maximum absolute atomic E-state index is 6.03. The molecule has 0 saturated carbocycles. The van der Waals surface area contributed by atoms with E-state index in [1.165, 1.54) is 16.5 Å². The molecule has 1 aromatic heterocycles. The van der Waals surface area contributed by atoms with Gasteiger partial charge in [0.2, 0.25) is 0 Å². The molecule has 0 amide bonds. The van der Waals surface area contributed by atoms with Gasteiger partial charge in [-0.2, -0.15) is 0 Å². The summed E-state index contributed by atoms with van der Waals surface area (Å²) in [5.41, 5.74) is 2.58. The summed E-state index contributed by atoms with van der Waals surface area (Å²) >= 11 is 6.03. The van der Waals surface area contributed by atoms with Gasteiger partial charge in [-0.25, -0.2) is 0 Å². The molecule has 0 spiro atoms. The second-order valence-electron chi connectivity index (χ2n) is 4.21. The number of hydrogen-bond donors (Lipinski definition) is 1. The van der Waals surface area contributed by atoms with Crippen molar-refractivity contribution in [3.8, 4) is 0 Å². The molecule has 1 heterocycles. The highest BCUT2D eigenvalue weighted by molar-refractivity contribution is 6.20. The van der Waals surface area contributed by atoms with Crippen LogP contribution in [0.4, 0.5) is 0 Å². The van der Waals surface area contributed by atoms with Gasteiger partial charge in [-0.15, -0.1) is 11.6 Å². The van der Waals surface area contributed by atoms with Gasteiger partial charge in [0, 0.05) is 22.5 Å². The summed E-state index contributed by atoms with van der Waals surface area (Å²) in [4.78, 5) is 3.30. The van der Waals surface area contributed by atoms with Crippen LogP contribution in [0, 0.1) is 0 Å². The largest absolute Gasteiger partial charge is 0.361 e. The molecule has 0 aliphatic heterocycles. The Bertz CT molecular complexity index is 444. The third-order valence-corrected chi connectivity index (χ3v) is 3.01. The molecule has 80 valence electrons. The van der Waals surface area contributed by atoms with E-state index < -0.39 is 0 Å². The molecule has 0 saturated heterocycles. The van der Waals surface area contributed by atoms with Crippen LogP contribution < -0.4 is 0 Å². The monoisotopic (exact) mass is 221 g/mol. The molecule has 0 radical (unpaired) electrons. The van der Waals surface area contributed by atoms with Gasteiger partial charge in [-0.3, -0.25) is 0 Å². The standard InChI is InChI=1S/C13H16ClN/c1-9(7-10(2)14)12-8-15-13-6-4-3-5-11(12)13/h3-6,8-10,15H,7H2,1-2H3. The topological polar surface area (TPSA) is 15.8 Å². The smallest absolute Gasteiger partial charge is 0.0456 e. The van der Waals surface area contributed by atoms with Crippen LogP contribution in [0.5, 0.6) is 0 Å². The molecular weight excluding hydrogens is 206 g/mol. The van der Waals surface area contributed by atoms with Gasteiger partial charge < -0.3 is 4.98 Å². The summed E-state index contributed by atoms with van der Waals surface area (Å²) in [6.07, 6.45) is 3.12. The second-order valence-corrected chi connectivity index (χ2v) is 4.95. The first-order valence-corrected chi connectivity index (χ1v) is 5.82. The predicted octanol–water partition coefficient (Wildman–Crippen LogP) is 4.29. The van der Waals surface area contributed by atoms with E-state index >= 15 is 0 Å². The van der Waals surface area contributed by atoms with E-state index in [0.717, 1.165) is 6.42 Å². The van der Waals surface area contributed by atoms with E-state index in [4.69, 9.17) is 11.6 Å². The van der Waals surface area contributed by atoms with Crippen LogP contribution in [-0.2, 0) is 0 Å². The average Bonchev–Trinajstić information content (AvgIpc) is 2.59. The highest BCUT2D eigenvalue weighted by Gasteiger charge is 2.12. The van der Waals surface area contributed by atoms with E-state index in [1.807, 2.05) is 6.92 Å². The molecule has 0 bridgehead atoms. The number of hydrogen-bond acceptors (Lipinski definition) is 0. The molecule has 2 atom stereocenters. The van der Waals surface area contributed by atoms with Gasteiger partial charge in [0.25, 0.3) is 0 Å². The first-order valence-electron chi connectivity index (χ1n) is 5.38. The van der Waals surface area contributed by atoms with Gasteiger partial charge in [-0.05, 0) is 30.9 Å². The fraction of sp³-hybridized carbons (Fsp3) is 0.385. The molecular formula is C13H16ClN. The zero-order chi connectivity index (χ0) is 10.8. The van der Waals surface area contributed by atoms with Gasteiger partial charge in [0.05, 0.1) is 0 Å². The quantitative estimate of drug-likeness (QED) is 0.745. The first-order chi connectivity index (χ1) is 7.18. The number of nitrogens with one attached hydrogen (secondary N) is 1. The van der Waals surface area contributed by atoms with Crippen molar-refractivity contribution in [2.24, 2.45) is 0 Å².